The molecule has 0 bridgehead atoms. The lowest BCUT2D eigenvalue weighted by molar-refractivity contribution is 0.435. The number of rotatable bonds is 3. The van der Waals surface area contributed by atoms with Gasteiger partial charge in [0.25, 0.3) is 0 Å². The summed E-state index contributed by atoms with van der Waals surface area (Å²) in [4.78, 5) is 0. The quantitative estimate of drug-likeness (QED) is 0.707. The topological polar surface area (TPSA) is 9.23 Å². The monoisotopic (exact) mass is 210 g/mol. The average Bonchev–Trinajstić information content (AvgIpc) is 2.39. The molecule has 2 aromatic carbocycles. The SMILES string of the molecule is COB(C)c1ccccc1-c1ccccc1. The van der Waals surface area contributed by atoms with E-state index in [9.17, 15) is 0 Å². The summed E-state index contributed by atoms with van der Waals surface area (Å²) in [6.45, 7) is 2.19. The molecule has 0 amide bonds. The summed E-state index contributed by atoms with van der Waals surface area (Å²) in [5.41, 5.74) is 3.72. The molecule has 2 heteroatoms. The fourth-order valence-corrected chi connectivity index (χ4v) is 1.86. The van der Waals surface area contributed by atoms with E-state index in [4.69, 9.17) is 4.65 Å². The van der Waals surface area contributed by atoms with Crippen molar-refractivity contribution >= 4 is 12.4 Å². The van der Waals surface area contributed by atoms with Crippen molar-refractivity contribution in [1.82, 2.24) is 0 Å². The van der Waals surface area contributed by atoms with Crippen molar-refractivity contribution in [2.24, 2.45) is 0 Å². The van der Waals surface area contributed by atoms with Crippen LogP contribution in [0.25, 0.3) is 11.1 Å². The van der Waals surface area contributed by atoms with Crippen molar-refractivity contribution < 1.29 is 4.65 Å². The molecule has 0 spiro atoms. The third-order valence-electron chi connectivity index (χ3n) is 2.84. The van der Waals surface area contributed by atoms with Gasteiger partial charge in [0, 0.05) is 7.11 Å². The fraction of sp³-hybridized carbons (Fsp3) is 0.143. The average molecular weight is 210 g/mol. The van der Waals surface area contributed by atoms with Gasteiger partial charge in [-0.3, -0.25) is 0 Å². The Morgan fingerprint density at radius 1 is 0.875 bits per heavy atom. The first-order chi connectivity index (χ1) is 7.83. The predicted octanol–water partition coefficient (Wildman–Crippen LogP) is 2.83. The molecule has 0 atom stereocenters. The third-order valence-corrected chi connectivity index (χ3v) is 2.84. The first-order valence-electron chi connectivity index (χ1n) is 5.50. The zero-order valence-corrected chi connectivity index (χ0v) is 9.68. The summed E-state index contributed by atoms with van der Waals surface area (Å²) in [6.07, 6.45) is 0. The van der Waals surface area contributed by atoms with Crippen molar-refractivity contribution in [1.29, 1.82) is 0 Å². The van der Waals surface area contributed by atoms with Crippen molar-refractivity contribution in [3.05, 3.63) is 54.6 Å². The largest absolute Gasteiger partial charge is 0.434 e. The molecule has 0 aromatic heterocycles. The fourth-order valence-electron chi connectivity index (χ4n) is 1.86. The molecule has 16 heavy (non-hydrogen) atoms. The minimum Gasteiger partial charge on any atom is -0.434 e. The van der Waals surface area contributed by atoms with Gasteiger partial charge in [0.2, 0.25) is 0 Å². The van der Waals surface area contributed by atoms with Gasteiger partial charge in [0.1, 0.15) is 0 Å². The second-order valence-corrected chi connectivity index (χ2v) is 3.83. The summed E-state index contributed by atoms with van der Waals surface area (Å²) in [7, 11) is 1.74. The molecular weight excluding hydrogens is 195 g/mol. The van der Waals surface area contributed by atoms with Gasteiger partial charge in [0.05, 0.1) is 0 Å². The van der Waals surface area contributed by atoms with Crippen LogP contribution in [0.15, 0.2) is 54.6 Å². The molecule has 1 nitrogen and oxygen atoms in total. The van der Waals surface area contributed by atoms with Crippen LogP contribution in [0.3, 0.4) is 0 Å². The summed E-state index contributed by atoms with van der Waals surface area (Å²) in [5.74, 6) is 0. The van der Waals surface area contributed by atoms with Crippen molar-refractivity contribution in [2.75, 3.05) is 7.11 Å². The molecule has 0 N–H and O–H groups in total. The maximum absolute atomic E-state index is 5.40. The van der Waals surface area contributed by atoms with Crippen LogP contribution in [0.5, 0.6) is 0 Å². The van der Waals surface area contributed by atoms with Crippen molar-refractivity contribution in [3.8, 4) is 11.1 Å². The Bertz CT molecular complexity index is 453. The molecule has 2 aromatic rings. The Kier molecular flexibility index (Phi) is 3.42. The zero-order chi connectivity index (χ0) is 11.4. The molecule has 0 unspecified atom stereocenters. The van der Waals surface area contributed by atoms with Crippen molar-refractivity contribution in [2.45, 2.75) is 6.82 Å². The van der Waals surface area contributed by atoms with Gasteiger partial charge in [0.15, 0.2) is 0 Å². The van der Waals surface area contributed by atoms with E-state index in [0.717, 1.165) is 0 Å². The zero-order valence-electron chi connectivity index (χ0n) is 9.68. The standard InChI is InChI=1S/C14H15BO/c1-15(16-2)14-11-7-6-10-13(14)12-8-4-3-5-9-12/h3-11H,1-2H3. The Labute approximate surface area is 97.2 Å². The second-order valence-electron chi connectivity index (χ2n) is 3.83. The number of hydrogen-bond donors (Lipinski definition) is 0. The first kappa shape index (κ1) is 11.0. The van der Waals surface area contributed by atoms with Gasteiger partial charge in [-0.15, -0.1) is 0 Å². The van der Waals surface area contributed by atoms with Crippen LogP contribution in [-0.4, -0.2) is 14.0 Å². The van der Waals surface area contributed by atoms with Gasteiger partial charge < -0.3 is 4.65 Å². The van der Waals surface area contributed by atoms with E-state index in [-0.39, 0.29) is 6.92 Å². The molecule has 2 rings (SSSR count). The predicted molar refractivity (Wildman–Crippen MR) is 70.1 cm³/mol. The maximum atomic E-state index is 5.40. The Morgan fingerprint density at radius 2 is 1.50 bits per heavy atom. The second kappa shape index (κ2) is 5.00. The normalized spacial score (nSPS) is 10.1. The van der Waals surface area contributed by atoms with E-state index in [0.29, 0.717) is 0 Å². The molecule has 80 valence electrons. The van der Waals surface area contributed by atoms with E-state index < -0.39 is 0 Å². The highest BCUT2D eigenvalue weighted by molar-refractivity contribution is 6.67. The molecule has 0 saturated carbocycles. The Balaban J connectivity index is 2.49. The molecule has 0 radical (unpaired) electrons. The molecular formula is C14H15BO. The number of benzene rings is 2. The lowest BCUT2D eigenvalue weighted by Gasteiger charge is -2.12. The van der Waals surface area contributed by atoms with E-state index in [1.54, 1.807) is 7.11 Å². The van der Waals surface area contributed by atoms with Gasteiger partial charge in [-0.25, -0.2) is 0 Å². The highest BCUT2D eigenvalue weighted by Gasteiger charge is 2.14. The minimum absolute atomic E-state index is 0.122. The van der Waals surface area contributed by atoms with Crippen LogP contribution >= 0.6 is 0 Å². The van der Waals surface area contributed by atoms with E-state index in [1.165, 1.54) is 16.6 Å². The van der Waals surface area contributed by atoms with Crippen LogP contribution in [0.4, 0.5) is 0 Å². The molecule has 0 aliphatic heterocycles. The van der Waals surface area contributed by atoms with E-state index >= 15 is 0 Å². The molecule has 0 aliphatic rings. The lowest BCUT2D eigenvalue weighted by atomic mass is 9.61. The minimum atomic E-state index is 0.122. The Morgan fingerprint density at radius 3 is 2.19 bits per heavy atom. The van der Waals surface area contributed by atoms with Crippen LogP contribution in [0.2, 0.25) is 6.82 Å². The summed E-state index contributed by atoms with van der Waals surface area (Å²) in [6, 6.07) is 18.8. The van der Waals surface area contributed by atoms with Gasteiger partial charge >= 0.3 is 6.92 Å². The van der Waals surface area contributed by atoms with Crippen LogP contribution in [-0.2, 0) is 4.65 Å². The summed E-state index contributed by atoms with van der Waals surface area (Å²) >= 11 is 0. The maximum Gasteiger partial charge on any atom is 0.323 e. The third kappa shape index (κ3) is 2.17. The van der Waals surface area contributed by atoms with Gasteiger partial charge in [-0.1, -0.05) is 61.4 Å². The summed E-state index contributed by atoms with van der Waals surface area (Å²) in [5, 5.41) is 0. The first-order valence-corrected chi connectivity index (χ1v) is 5.50. The van der Waals surface area contributed by atoms with Crippen LogP contribution in [0, 0.1) is 0 Å². The van der Waals surface area contributed by atoms with Crippen LogP contribution in [0.1, 0.15) is 0 Å². The lowest BCUT2D eigenvalue weighted by Crippen LogP contribution is -2.30. The summed E-state index contributed by atoms with van der Waals surface area (Å²) < 4.78 is 5.40. The molecule has 0 saturated heterocycles. The highest BCUT2D eigenvalue weighted by Crippen LogP contribution is 2.17. The van der Waals surface area contributed by atoms with E-state index in [1.807, 2.05) is 6.07 Å². The van der Waals surface area contributed by atoms with Crippen LogP contribution < -0.4 is 5.46 Å². The van der Waals surface area contributed by atoms with Gasteiger partial charge in [-0.05, 0) is 16.6 Å². The van der Waals surface area contributed by atoms with Gasteiger partial charge in [-0.2, -0.15) is 0 Å². The molecule has 0 fully saturated rings. The number of hydrogen-bond acceptors (Lipinski definition) is 1. The van der Waals surface area contributed by atoms with Crippen molar-refractivity contribution in [3.63, 3.8) is 0 Å². The smallest absolute Gasteiger partial charge is 0.323 e. The Hall–Kier alpha value is -1.54. The molecule has 0 aliphatic carbocycles. The highest BCUT2D eigenvalue weighted by atomic mass is 16.4. The van der Waals surface area contributed by atoms with E-state index in [2.05, 4.69) is 55.4 Å². The molecule has 0 heterocycles.